The van der Waals surface area contributed by atoms with Gasteiger partial charge in [-0.05, 0) is 6.42 Å². The molecule has 1 aliphatic heterocycles. The minimum Gasteiger partial charge on any atom is -0.343 e. The fourth-order valence-electron chi connectivity index (χ4n) is 1.33. The second-order valence-electron chi connectivity index (χ2n) is 3.53. The third-order valence-corrected chi connectivity index (χ3v) is 2.23. The van der Waals surface area contributed by atoms with E-state index in [4.69, 9.17) is 12.2 Å². The van der Waals surface area contributed by atoms with Crippen molar-refractivity contribution in [2.45, 2.75) is 31.3 Å². The summed E-state index contributed by atoms with van der Waals surface area (Å²) in [5.41, 5.74) is 5.46. The molecule has 1 heterocycles. The van der Waals surface area contributed by atoms with Crippen molar-refractivity contribution in [2.75, 3.05) is 0 Å². The van der Waals surface area contributed by atoms with Crippen LogP contribution in [-0.2, 0) is 14.4 Å². The highest BCUT2D eigenvalue weighted by Crippen LogP contribution is 2.04. The first kappa shape index (κ1) is 12.2. The third kappa shape index (κ3) is 3.07. The van der Waals surface area contributed by atoms with Crippen LogP contribution in [0.3, 0.4) is 0 Å². The van der Waals surface area contributed by atoms with Crippen LogP contribution in [0.15, 0.2) is 0 Å². The molecular formula is C10H13N3O3. The van der Waals surface area contributed by atoms with E-state index < -0.39 is 23.9 Å². The van der Waals surface area contributed by atoms with Crippen LogP contribution in [0.5, 0.6) is 0 Å². The molecule has 1 aliphatic rings. The molecule has 0 spiro atoms. The molecule has 86 valence electrons. The van der Waals surface area contributed by atoms with Gasteiger partial charge in [0.15, 0.2) is 0 Å². The number of imide groups is 1. The molecule has 0 aromatic rings. The van der Waals surface area contributed by atoms with Crippen molar-refractivity contribution in [3.63, 3.8) is 0 Å². The number of terminal acetylenes is 1. The molecule has 0 aliphatic carbocycles. The number of rotatable bonds is 3. The van der Waals surface area contributed by atoms with Gasteiger partial charge in [-0.15, -0.1) is 12.3 Å². The Bertz CT molecular complexity index is 359. The number of nitrogens with one attached hydrogen (secondary N) is 2. The molecule has 6 nitrogen and oxygen atoms in total. The van der Waals surface area contributed by atoms with Gasteiger partial charge in [-0.25, -0.2) is 0 Å². The second kappa shape index (κ2) is 5.28. The molecule has 1 fully saturated rings. The molecule has 3 amide bonds. The van der Waals surface area contributed by atoms with Gasteiger partial charge in [0.05, 0.1) is 6.04 Å². The van der Waals surface area contributed by atoms with E-state index in [0.717, 1.165) is 0 Å². The van der Waals surface area contributed by atoms with E-state index in [1.807, 2.05) is 0 Å². The van der Waals surface area contributed by atoms with E-state index in [-0.39, 0.29) is 18.7 Å². The SMILES string of the molecule is C#CCC(N)C(=O)NC1CCC(=O)NC1=O. The van der Waals surface area contributed by atoms with Gasteiger partial charge >= 0.3 is 0 Å². The highest BCUT2D eigenvalue weighted by Gasteiger charge is 2.28. The Labute approximate surface area is 92.9 Å². The van der Waals surface area contributed by atoms with E-state index >= 15 is 0 Å². The Morgan fingerprint density at radius 1 is 1.69 bits per heavy atom. The van der Waals surface area contributed by atoms with E-state index in [1.54, 1.807) is 0 Å². The predicted octanol–water partition coefficient (Wildman–Crippen LogP) is -1.74. The van der Waals surface area contributed by atoms with Crippen molar-refractivity contribution in [3.8, 4) is 12.3 Å². The lowest BCUT2D eigenvalue weighted by Gasteiger charge is -2.22. The van der Waals surface area contributed by atoms with Gasteiger partial charge < -0.3 is 11.1 Å². The molecule has 0 aromatic heterocycles. The summed E-state index contributed by atoms with van der Waals surface area (Å²) in [5, 5.41) is 4.58. The van der Waals surface area contributed by atoms with E-state index in [1.165, 1.54) is 0 Å². The highest BCUT2D eigenvalue weighted by molar-refractivity contribution is 6.01. The van der Waals surface area contributed by atoms with E-state index in [2.05, 4.69) is 16.6 Å². The van der Waals surface area contributed by atoms with Crippen LogP contribution in [0.1, 0.15) is 19.3 Å². The standard InChI is InChI=1S/C10H13N3O3/c1-2-3-6(11)9(15)12-7-4-5-8(14)13-10(7)16/h1,6-7H,3-5,11H2,(H,12,15)(H,13,14,16). The minimum atomic E-state index is -0.824. The fourth-order valence-corrected chi connectivity index (χ4v) is 1.33. The predicted molar refractivity (Wildman–Crippen MR) is 55.7 cm³/mol. The zero-order chi connectivity index (χ0) is 12.1. The van der Waals surface area contributed by atoms with Crippen molar-refractivity contribution in [3.05, 3.63) is 0 Å². The summed E-state index contributed by atoms with van der Waals surface area (Å²) < 4.78 is 0. The van der Waals surface area contributed by atoms with Crippen LogP contribution >= 0.6 is 0 Å². The molecule has 1 saturated heterocycles. The molecule has 2 unspecified atom stereocenters. The van der Waals surface area contributed by atoms with Crippen molar-refractivity contribution < 1.29 is 14.4 Å². The summed E-state index contributed by atoms with van der Waals surface area (Å²) in [6.45, 7) is 0. The van der Waals surface area contributed by atoms with Gasteiger partial charge in [0.25, 0.3) is 0 Å². The third-order valence-electron chi connectivity index (χ3n) is 2.23. The van der Waals surface area contributed by atoms with Crippen molar-refractivity contribution in [1.82, 2.24) is 10.6 Å². The number of carbonyl (C=O) groups excluding carboxylic acids is 3. The molecular weight excluding hydrogens is 210 g/mol. The van der Waals surface area contributed by atoms with E-state index in [0.29, 0.717) is 6.42 Å². The molecule has 1 rings (SSSR count). The van der Waals surface area contributed by atoms with Crippen LogP contribution in [-0.4, -0.2) is 29.8 Å². The lowest BCUT2D eigenvalue weighted by atomic mass is 10.1. The average molecular weight is 223 g/mol. The van der Waals surface area contributed by atoms with Crippen LogP contribution in [0, 0.1) is 12.3 Å². The van der Waals surface area contributed by atoms with Gasteiger partial charge in [0, 0.05) is 12.8 Å². The Balaban J connectivity index is 2.48. The summed E-state index contributed by atoms with van der Waals surface area (Å²) in [5.74, 6) is 0.952. The number of carbonyl (C=O) groups is 3. The first-order valence-electron chi connectivity index (χ1n) is 4.87. The van der Waals surface area contributed by atoms with Crippen LogP contribution < -0.4 is 16.4 Å². The zero-order valence-electron chi connectivity index (χ0n) is 8.66. The molecule has 16 heavy (non-hydrogen) atoms. The molecule has 4 N–H and O–H groups in total. The monoisotopic (exact) mass is 223 g/mol. The molecule has 0 saturated carbocycles. The number of amides is 3. The lowest BCUT2D eigenvalue weighted by molar-refractivity contribution is -0.137. The number of piperidine rings is 1. The fraction of sp³-hybridized carbons (Fsp3) is 0.500. The van der Waals surface area contributed by atoms with Crippen molar-refractivity contribution in [2.24, 2.45) is 5.73 Å². The Kier molecular flexibility index (Phi) is 4.03. The van der Waals surface area contributed by atoms with Crippen LogP contribution in [0.25, 0.3) is 0 Å². The van der Waals surface area contributed by atoms with Gasteiger partial charge in [-0.1, -0.05) is 0 Å². The van der Waals surface area contributed by atoms with Crippen molar-refractivity contribution in [1.29, 1.82) is 0 Å². The van der Waals surface area contributed by atoms with Crippen molar-refractivity contribution >= 4 is 17.7 Å². The summed E-state index contributed by atoms with van der Waals surface area (Å²) in [6.07, 6.45) is 5.62. The maximum atomic E-state index is 11.4. The molecule has 0 aromatic carbocycles. The number of hydrogen-bond donors (Lipinski definition) is 3. The topological polar surface area (TPSA) is 101 Å². The summed E-state index contributed by atoms with van der Waals surface area (Å²) in [7, 11) is 0. The van der Waals surface area contributed by atoms with Crippen LogP contribution in [0.2, 0.25) is 0 Å². The first-order chi connectivity index (χ1) is 7.54. The second-order valence-corrected chi connectivity index (χ2v) is 3.53. The Morgan fingerprint density at radius 3 is 2.94 bits per heavy atom. The molecule has 0 bridgehead atoms. The normalized spacial score (nSPS) is 21.9. The minimum absolute atomic E-state index is 0.110. The van der Waals surface area contributed by atoms with Gasteiger partial charge in [-0.2, -0.15) is 0 Å². The van der Waals surface area contributed by atoms with E-state index in [9.17, 15) is 14.4 Å². The van der Waals surface area contributed by atoms with Gasteiger partial charge in [0.1, 0.15) is 6.04 Å². The number of hydrogen-bond acceptors (Lipinski definition) is 4. The summed E-state index contributed by atoms with van der Waals surface area (Å²) >= 11 is 0. The summed E-state index contributed by atoms with van der Waals surface area (Å²) in [4.78, 5) is 33.6. The number of nitrogens with two attached hydrogens (primary N) is 1. The zero-order valence-corrected chi connectivity index (χ0v) is 8.66. The largest absolute Gasteiger partial charge is 0.343 e. The maximum Gasteiger partial charge on any atom is 0.249 e. The first-order valence-corrected chi connectivity index (χ1v) is 4.87. The maximum absolute atomic E-state index is 11.4. The molecule has 0 radical (unpaired) electrons. The Hall–Kier alpha value is -1.87. The summed E-state index contributed by atoms with van der Waals surface area (Å²) in [6, 6.07) is -1.52. The van der Waals surface area contributed by atoms with Crippen LogP contribution in [0.4, 0.5) is 0 Å². The average Bonchev–Trinajstić information content (AvgIpc) is 2.22. The molecule has 6 heteroatoms. The van der Waals surface area contributed by atoms with Gasteiger partial charge in [-0.3, -0.25) is 19.7 Å². The van der Waals surface area contributed by atoms with Gasteiger partial charge in [0.2, 0.25) is 17.7 Å². The smallest absolute Gasteiger partial charge is 0.249 e. The lowest BCUT2D eigenvalue weighted by Crippen LogP contribution is -2.55. The Morgan fingerprint density at radius 2 is 2.38 bits per heavy atom. The quantitative estimate of drug-likeness (QED) is 0.390. The molecule has 2 atom stereocenters. The highest BCUT2D eigenvalue weighted by atomic mass is 16.2.